The third-order valence-electron chi connectivity index (χ3n) is 3.36. The zero-order valence-electron chi connectivity index (χ0n) is 12.5. The van der Waals surface area contributed by atoms with Gasteiger partial charge in [0.1, 0.15) is 5.82 Å². The molecule has 7 nitrogen and oxygen atoms in total. The summed E-state index contributed by atoms with van der Waals surface area (Å²) in [5.74, 6) is 2.02. The number of aryl methyl sites for hydroxylation is 2. The molecule has 0 saturated carbocycles. The summed E-state index contributed by atoms with van der Waals surface area (Å²) < 4.78 is 0. The van der Waals surface area contributed by atoms with E-state index in [1.54, 1.807) is 11.3 Å². The molecular weight excluding hydrogens is 286 g/mol. The third kappa shape index (κ3) is 3.45. The Balaban J connectivity index is 1.79. The summed E-state index contributed by atoms with van der Waals surface area (Å²) in [6, 6.07) is 0. The van der Waals surface area contributed by atoms with Crippen LogP contribution in [0.15, 0.2) is 6.20 Å². The maximum atomic E-state index is 4.53. The fourth-order valence-electron chi connectivity index (χ4n) is 2.18. The van der Waals surface area contributed by atoms with Crippen LogP contribution in [0.4, 0.5) is 17.0 Å². The van der Waals surface area contributed by atoms with Crippen molar-refractivity contribution in [2.75, 3.05) is 43.4 Å². The summed E-state index contributed by atoms with van der Waals surface area (Å²) >= 11 is 1.59. The number of nitrogens with zero attached hydrogens (tertiary/aromatic N) is 6. The molecule has 1 fully saturated rings. The molecule has 2 aromatic rings. The number of nitrogens with one attached hydrogen (secondary N) is 1. The lowest BCUT2D eigenvalue weighted by Gasteiger charge is -2.32. The molecular formula is C13H19N7S. The van der Waals surface area contributed by atoms with Crippen molar-refractivity contribution in [3.8, 4) is 0 Å². The van der Waals surface area contributed by atoms with Crippen molar-refractivity contribution in [3.05, 3.63) is 16.9 Å². The smallest absolute Gasteiger partial charge is 0.234 e. The topological polar surface area (TPSA) is 70.1 Å². The first-order valence-electron chi connectivity index (χ1n) is 6.96. The highest BCUT2D eigenvalue weighted by molar-refractivity contribution is 7.15. The fraction of sp³-hybridized carbons (Fsp3) is 0.538. The average molecular weight is 305 g/mol. The van der Waals surface area contributed by atoms with Gasteiger partial charge in [0, 0.05) is 37.3 Å². The van der Waals surface area contributed by atoms with Crippen LogP contribution in [0.3, 0.4) is 0 Å². The van der Waals surface area contributed by atoms with Crippen LogP contribution in [0.5, 0.6) is 0 Å². The van der Waals surface area contributed by atoms with Gasteiger partial charge in [-0.2, -0.15) is 15.0 Å². The highest BCUT2D eigenvalue weighted by Gasteiger charge is 2.18. The highest BCUT2D eigenvalue weighted by atomic mass is 32.1. The number of anilines is 3. The van der Waals surface area contributed by atoms with E-state index in [1.165, 1.54) is 0 Å². The van der Waals surface area contributed by atoms with Crippen LogP contribution in [-0.4, -0.2) is 58.1 Å². The molecule has 0 spiro atoms. The number of hydrogen-bond acceptors (Lipinski definition) is 8. The molecule has 3 heterocycles. The first-order chi connectivity index (χ1) is 10.1. The van der Waals surface area contributed by atoms with Crippen LogP contribution >= 0.6 is 11.3 Å². The number of likely N-dealkylation sites (N-methyl/N-ethyl adjacent to an activating group) is 1. The summed E-state index contributed by atoms with van der Waals surface area (Å²) in [4.78, 5) is 23.3. The number of rotatable bonds is 3. The van der Waals surface area contributed by atoms with Crippen LogP contribution in [0.25, 0.3) is 0 Å². The first-order valence-corrected chi connectivity index (χ1v) is 7.77. The van der Waals surface area contributed by atoms with E-state index in [0.717, 1.165) is 48.0 Å². The molecule has 0 unspecified atom stereocenters. The van der Waals surface area contributed by atoms with Crippen molar-refractivity contribution >= 4 is 28.4 Å². The van der Waals surface area contributed by atoms with Crippen molar-refractivity contribution in [3.63, 3.8) is 0 Å². The second-order valence-corrected chi connectivity index (χ2v) is 6.43. The second-order valence-electron chi connectivity index (χ2n) is 5.20. The highest BCUT2D eigenvalue weighted by Crippen LogP contribution is 2.21. The van der Waals surface area contributed by atoms with Gasteiger partial charge < -0.3 is 9.80 Å². The lowest BCUT2D eigenvalue weighted by Crippen LogP contribution is -2.45. The van der Waals surface area contributed by atoms with Crippen molar-refractivity contribution in [2.24, 2.45) is 0 Å². The Hall–Kier alpha value is -1.80. The van der Waals surface area contributed by atoms with E-state index < -0.39 is 0 Å². The number of piperazine rings is 1. The Labute approximate surface area is 128 Å². The van der Waals surface area contributed by atoms with Crippen LogP contribution in [0, 0.1) is 13.8 Å². The molecule has 21 heavy (non-hydrogen) atoms. The molecule has 0 atom stereocenters. The van der Waals surface area contributed by atoms with Gasteiger partial charge in [-0.1, -0.05) is 0 Å². The minimum Gasteiger partial charge on any atom is -0.338 e. The van der Waals surface area contributed by atoms with Crippen LogP contribution in [0.1, 0.15) is 10.7 Å². The van der Waals surface area contributed by atoms with Crippen molar-refractivity contribution in [1.82, 2.24) is 24.8 Å². The van der Waals surface area contributed by atoms with Gasteiger partial charge >= 0.3 is 0 Å². The number of hydrogen-bond donors (Lipinski definition) is 1. The molecule has 3 rings (SSSR count). The SMILES string of the molecule is Cc1nc(Nc2ncc(C)s2)nc(N2CCN(C)CC2)n1. The summed E-state index contributed by atoms with van der Waals surface area (Å²) in [6.07, 6.45) is 1.84. The molecule has 0 aliphatic carbocycles. The molecule has 1 N–H and O–H groups in total. The first kappa shape index (κ1) is 14.2. The largest absolute Gasteiger partial charge is 0.338 e. The van der Waals surface area contributed by atoms with Gasteiger partial charge in [0.25, 0.3) is 0 Å². The molecule has 0 aromatic carbocycles. The predicted molar refractivity (Wildman–Crippen MR) is 84.4 cm³/mol. The maximum Gasteiger partial charge on any atom is 0.234 e. The molecule has 1 aliphatic heterocycles. The van der Waals surface area contributed by atoms with Crippen LogP contribution in [0.2, 0.25) is 0 Å². The average Bonchev–Trinajstić information content (AvgIpc) is 2.84. The van der Waals surface area contributed by atoms with Crippen molar-refractivity contribution < 1.29 is 0 Å². The molecule has 1 saturated heterocycles. The Morgan fingerprint density at radius 2 is 1.86 bits per heavy atom. The quantitative estimate of drug-likeness (QED) is 0.920. The number of aromatic nitrogens is 4. The third-order valence-corrected chi connectivity index (χ3v) is 4.19. The Kier molecular flexibility index (Phi) is 3.98. The second kappa shape index (κ2) is 5.90. The van der Waals surface area contributed by atoms with E-state index in [2.05, 4.69) is 42.1 Å². The molecule has 0 amide bonds. The monoisotopic (exact) mass is 305 g/mol. The van der Waals surface area contributed by atoms with Gasteiger partial charge in [-0.15, -0.1) is 11.3 Å². The minimum atomic E-state index is 0.561. The van der Waals surface area contributed by atoms with Crippen molar-refractivity contribution in [1.29, 1.82) is 0 Å². The summed E-state index contributed by atoms with van der Waals surface area (Å²) in [6.45, 7) is 7.85. The van der Waals surface area contributed by atoms with Gasteiger partial charge in [0.2, 0.25) is 11.9 Å². The predicted octanol–water partition coefficient (Wildman–Crippen LogP) is 1.44. The molecule has 112 valence electrons. The molecule has 1 aliphatic rings. The van der Waals surface area contributed by atoms with Crippen LogP contribution in [-0.2, 0) is 0 Å². The van der Waals surface area contributed by atoms with Crippen molar-refractivity contribution in [2.45, 2.75) is 13.8 Å². The molecule has 0 bridgehead atoms. The Morgan fingerprint density at radius 1 is 1.10 bits per heavy atom. The van der Waals surface area contributed by atoms with Gasteiger partial charge in [0.15, 0.2) is 5.13 Å². The van der Waals surface area contributed by atoms with E-state index in [-0.39, 0.29) is 0 Å². The van der Waals surface area contributed by atoms with E-state index in [0.29, 0.717) is 5.95 Å². The van der Waals surface area contributed by atoms with Gasteiger partial charge in [-0.05, 0) is 20.9 Å². The standard InChI is InChI=1S/C13H19N7S/c1-9-8-14-13(21-9)18-11-15-10(2)16-12(17-11)20-6-4-19(3)5-7-20/h8H,4-7H2,1-3H3,(H,14,15,16,17,18). The molecule has 2 aromatic heterocycles. The van der Waals surface area contributed by atoms with Gasteiger partial charge in [-0.3, -0.25) is 5.32 Å². The van der Waals surface area contributed by atoms with E-state index in [4.69, 9.17) is 0 Å². The number of thiazole rings is 1. The summed E-state index contributed by atoms with van der Waals surface area (Å²) in [7, 11) is 2.13. The Morgan fingerprint density at radius 3 is 2.52 bits per heavy atom. The van der Waals surface area contributed by atoms with Gasteiger partial charge in [0.05, 0.1) is 0 Å². The zero-order valence-corrected chi connectivity index (χ0v) is 13.3. The van der Waals surface area contributed by atoms with E-state index in [1.807, 2.05) is 20.0 Å². The maximum absolute atomic E-state index is 4.53. The zero-order chi connectivity index (χ0) is 14.8. The lowest BCUT2D eigenvalue weighted by atomic mass is 10.3. The van der Waals surface area contributed by atoms with Gasteiger partial charge in [-0.25, -0.2) is 4.98 Å². The van der Waals surface area contributed by atoms with E-state index in [9.17, 15) is 0 Å². The summed E-state index contributed by atoms with van der Waals surface area (Å²) in [5.41, 5.74) is 0. The lowest BCUT2D eigenvalue weighted by molar-refractivity contribution is 0.311. The molecule has 8 heteroatoms. The summed E-state index contributed by atoms with van der Waals surface area (Å²) in [5, 5.41) is 3.97. The molecule has 0 radical (unpaired) electrons. The normalized spacial score (nSPS) is 16.2. The van der Waals surface area contributed by atoms with Crippen LogP contribution < -0.4 is 10.2 Å². The Bertz CT molecular complexity index is 619. The fourth-order valence-corrected chi connectivity index (χ4v) is 2.84. The minimum absolute atomic E-state index is 0.561. The van der Waals surface area contributed by atoms with E-state index >= 15 is 0 Å².